The van der Waals surface area contributed by atoms with Crippen LogP contribution < -0.4 is 0 Å². The van der Waals surface area contributed by atoms with Crippen LogP contribution in [0.25, 0.3) is 11.0 Å². The van der Waals surface area contributed by atoms with E-state index in [0.29, 0.717) is 5.88 Å². The van der Waals surface area contributed by atoms with Gasteiger partial charge in [-0.05, 0) is 31.0 Å². The number of aromatic amines is 1. The number of hydrogen-bond donors (Lipinski definition) is 1. The monoisotopic (exact) mass is 230 g/mol. The van der Waals surface area contributed by atoms with Gasteiger partial charge in [0.15, 0.2) is 0 Å². The summed E-state index contributed by atoms with van der Waals surface area (Å²) in [5.41, 5.74) is 4.60. The molecule has 0 amide bonds. The first-order chi connectivity index (χ1) is 6.22. The molecule has 76 valence electrons. The van der Waals surface area contributed by atoms with Gasteiger partial charge in [0, 0.05) is 0 Å². The van der Waals surface area contributed by atoms with Gasteiger partial charge in [-0.1, -0.05) is 6.07 Å². The number of halogens is 2. The lowest BCUT2D eigenvalue weighted by Crippen LogP contribution is -1.82. The van der Waals surface area contributed by atoms with Crippen LogP contribution in [-0.2, 0) is 5.88 Å². The van der Waals surface area contributed by atoms with E-state index in [-0.39, 0.29) is 12.4 Å². The van der Waals surface area contributed by atoms with E-state index in [2.05, 4.69) is 29.9 Å². The Morgan fingerprint density at radius 1 is 1.36 bits per heavy atom. The van der Waals surface area contributed by atoms with Crippen LogP contribution in [0.4, 0.5) is 0 Å². The number of alkyl halides is 1. The molecule has 1 aromatic carbocycles. The maximum atomic E-state index is 5.70. The van der Waals surface area contributed by atoms with Crippen molar-refractivity contribution < 1.29 is 0 Å². The largest absolute Gasteiger partial charge is 0.341 e. The zero-order valence-corrected chi connectivity index (χ0v) is 9.67. The average molecular weight is 231 g/mol. The summed E-state index contributed by atoms with van der Waals surface area (Å²) in [4.78, 5) is 7.57. The van der Waals surface area contributed by atoms with Gasteiger partial charge in [-0.2, -0.15) is 0 Å². The molecule has 2 aromatic rings. The maximum absolute atomic E-state index is 5.70. The molecule has 0 spiro atoms. The third-order valence-corrected chi connectivity index (χ3v) is 2.61. The van der Waals surface area contributed by atoms with Crippen LogP contribution >= 0.6 is 24.0 Å². The summed E-state index contributed by atoms with van der Waals surface area (Å²) in [5.74, 6) is 1.28. The predicted octanol–water partition coefficient (Wildman–Crippen LogP) is 3.34. The number of nitrogens with zero attached hydrogens (tertiary/aromatic N) is 1. The minimum atomic E-state index is 0. The average Bonchev–Trinajstić information content (AvgIpc) is 2.55. The van der Waals surface area contributed by atoms with Gasteiger partial charge in [0.05, 0.1) is 16.9 Å². The van der Waals surface area contributed by atoms with Gasteiger partial charge in [-0.25, -0.2) is 4.98 Å². The highest BCUT2D eigenvalue weighted by molar-refractivity contribution is 6.16. The molecule has 4 heteroatoms. The minimum Gasteiger partial charge on any atom is -0.341 e. The molecule has 0 saturated carbocycles. The Labute approximate surface area is 94.1 Å². The fraction of sp³-hybridized carbons (Fsp3) is 0.300. The molecule has 2 rings (SSSR count). The summed E-state index contributed by atoms with van der Waals surface area (Å²) in [5, 5.41) is 0. The second-order valence-corrected chi connectivity index (χ2v) is 3.49. The highest BCUT2D eigenvalue weighted by Gasteiger charge is 2.05. The van der Waals surface area contributed by atoms with Crippen molar-refractivity contribution in [3.05, 3.63) is 29.1 Å². The van der Waals surface area contributed by atoms with Crippen molar-refractivity contribution in [3.8, 4) is 0 Å². The van der Waals surface area contributed by atoms with E-state index in [1.54, 1.807) is 0 Å². The lowest BCUT2D eigenvalue weighted by Gasteiger charge is -1.98. The highest BCUT2D eigenvalue weighted by Crippen LogP contribution is 2.19. The Hall–Kier alpha value is -0.730. The molecule has 0 bridgehead atoms. The van der Waals surface area contributed by atoms with Gasteiger partial charge in [0.1, 0.15) is 5.82 Å². The molecule has 0 unspecified atom stereocenters. The number of H-pyrrole nitrogens is 1. The molecule has 14 heavy (non-hydrogen) atoms. The van der Waals surface area contributed by atoms with E-state index in [1.807, 2.05) is 6.07 Å². The number of hydrogen-bond acceptors (Lipinski definition) is 1. The minimum absolute atomic E-state index is 0. The lowest BCUT2D eigenvalue weighted by molar-refractivity contribution is 1.13. The van der Waals surface area contributed by atoms with Crippen LogP contribution in [0.5, 0.6) is 0 Å². The summed E-state index contributed by atoms with van der Waals surface area (Å²) in [7, 11) is 0. The molecule has 1 heterocycles. The molecule has 2 nitrogen and oxygen atoms in total. The number of benzene rings is 1. The quantitative estimate of drug-likeness (QED) is 0.749. The van der Waals surface area contributed by atoms with Crippen molar-refractivity contribution in [3.63, 3.8) is 0 Å². The molecular formula is C10H12Cl2N2. The van der Waals surface area contributed by atoms with E-state index >= 15 is 0 Å². The number of aryl methyl sites for hydroxylation is 2. The smallest absolute Gasteiger partial charge is 0.122 e. The van der Waals surface area contributed by atoms with Crippen molar-refractivity contribution in [1.29, 1.82) is 0 Å². The zero-order chi connectivity index (χ0) is 9.42. The predicted molar refractivity (Wildman–Crippen MR) is 62.4 cm³/mol. The van der Waals surface area contributed by atoms with Gasteiger partial charge in [0.25, 0.3) is 0 Å². The van der Waals surface area contributed by atoms with Crippen LogP contribution in [0, 0.1) is 13.8 Å². The summed E-state index contributed by atoms with van der Waals surface area (Å²) in [6.45, 7) is 4.17. The Kier molecular flexibility index (Phi) is 3.40. The maximum Gasteiger partial charge on any atom is 0.122 e. The van der Waals surface area contributed by atoms with Crippen LogP contribution in [-0.4, -0.2) is 9.97 Å². The van der Waals surface area contributed by atoms with Crippen LogP contribution in [0.15, 0.2) is 12.1 Å². The Balaban J connectivity index is 0.000000980. The first-order valence-electron chi connectivity index (χ1n) is 4.23. The molecular weight excluding hydrogens is 219 g/mol. The van der Waals surface area contributed by atoms with Crippen molar-refractivity contribution >= 4 is 35.0 Å². The van der Waals surface area contributed by atoms with Crippen LogP contribution in [0.1, 0.15) is 17.0 Å². The van der Waals surface area contributed by atoms with E-state index in [0.717, 1.165) is 16.9 Å². The Morgan fingerprint density at radius 3 is 2.71 bits per heavy atom. The molecule has 0 aliphatic carbocycles. The van der Waals surface area contributed by atoms with Crippen LogP contribution in [0.3, 0.4) is 0 Å². The van der Waals surface area contributed by atoms with Crippen molar-refractivity contribution in [2.45, 2.75) is 19.7 Å². The fourth-order valence-corrected chi connectivity index (χ4v) is 1.55. The highest BCUT2D eigenvalue weighted by atomic mass is 35.5. The molecule has 1 aromatic heterocycles. The second kappa shape index (κ2) is 4.20. The van der Waals surface area contributed by atoms with E-state index in [4.69, 9.17) is 11.6 Å². The Morgan fingerprint density at radius 2 is 2.07 bits per heavy atom. The van der Waals surface area contributed by atoms with E-state index in [9.17, 15) is 0 Å². The normalized spacial score (nSPS) is 10.2. The van der Waals surface area contributed by atoms with Gasteiger partial charge < -0.3 is 4.98 Å². The van der Waals surface area contributed by atoms with Crippen LogP contribution in [0.2, 0.25) is 0 Å². The molecule has 0 radical (unpaired) electrons. The summed E-state index contributed by atoms with van der Waals surface area (Å²) in [6.07, 6.45) is 0. The molecule has 0 saturated heterocycles. The van der Waals surface area contributed by atoms with Crippen molar-refractivity contribution in [2.24, 2.45) is 0 Å². The summed E-state index contributed by atoms with van der Waals surface area (Å²) < 4.78 is 0. The molecule has 0 fully saturated rings. The number of rotatable bonds is 1. The van der Waals surface area contributed by atoms with Gasteiger partial charge in [-0.15, -0.1) is 24.0 Å². The van der Waals surface area contributed by atoms with E-state index in [1.165, 1.54) is 11.1 Å². The second-order valence-electron chi connectivity index (χ2n) is 3.22. The fourth-order valence-electron chi connectivity index (χ4n) is 1.43. The number of fused-ring (bicyclic) bond motifs is 1. The molecule has 0 aliphatic rings. The lowest BCUT2D eigenvalue weighted by atomic mass is 10.1. The third kappa shape index (κ3) is 1.72. The van der Waals surface area contributed by atoms with Crippen molar-refractivity contribution in [2.75, 3.05) is 0 Å². The number of imidazole rings is 1. The van der Waals surface area contributed by atoms with Crippen molar-refractivity contribution in [1.82, 2.24) is 9.97 Å². The third-order valence-electron chi connectivity index (χ3n) is 2.35. The SMILES string of the molecule is Cc1ccc2[nH]c(CCl)nc2c1C.Cl. The topological polar surface area (TPSA) is 28.7 Å². The molecule has 0 aliphatic heterocycles. The molecule has 0 atom stereocenters. The van der Waals surface area contributed by atoms with Gasteiger partial charge >= 0.3 is 0 Å². The number of aromatic nitrogens is 2. The standard InChI is InChI=1S/C10H11ClN2.ClH/c1-6-3-4-8-10(7(6)2)13-9(5-11)12-8;/h3-4H,5H2,1-2H3,(H,12,13);1H. The van der Waals surface area contributed by atoms with Gasteiger partial charge in [-0.3, -0.25) is 0 Å². The summed E-state index contributed by atoms with van der Waals surface area (Å²) in [6, 6.07) is 4.13. The van der Waals surface area contributed by atoms with Gasteiger partial charge in [0.2, 0.25) is 0 Å². The molecule has 1 N–H and O–H groups in total. The summed E-state index contributed by atoms with van der Waals surface area (Å²) >= 11 is 5.70. The first kappa shape index (κ1) is 11.3. The van der Waals surface area contributed by atoms with E-state index < -0.39 is 0 Å². The number of nitrogens with one attached hydrogen (secondary N) is 1. The first-order valence-corrected chi connectivity index (χ1v) is 4.76. The zero-order valence-electron chi connectivity index (χ0n) is 8.10. The Bertz CT molecular complexity index is 449.